The molecule has 19 heavy (non-hydrogen) atoms. The van der Waals surface area contributed by atoms with E-state index in [1.54, 1.807) is 19.5 Å². The largest absolute Gasteiger partial charge is 0.495 e. The molecule has 0 saturated heterocycles. The molecule has 4 nitrogen and oxygen atoms in total. The molecule has 0 unspecified atom stereocenters. The maximum atomic E-state index is 5.75. The molecule has 0 spiro atoms. The Morgan fingerprint density at radius 1 is 1.26 bits per heavy atom. The fourth-order valence-electron chi connectivity index (χ4n) is 1.90. The van der Waals surface area contributed by atoms with Gasteiger partial charge in [0.2, 0.25) is 0 Å². The predicted molar refractivity (Wildman–Crippen MR) is 81.2 cm³/mol. The number of methoxy groups -OCH3 is 1. The smallest absolute Gasteiger partial charge is 0.142 e. The van der Waals surface area contributed by atoms with Crippen molar-refractivity contribution >= 4 is 28.6 Å². The summed E-state index contributed by atoms with van der Waals surface area (Å²) in [7, 11) is 3.57. The molecule has 1 heterocycles. The maximum Gasteiger partial charge on any atom is 0.142 e. The van der Waals surface area contributed by atoms with E-state index < -0.39 is 0 Å². The standard InChI is InChI=1S/C14H15N3OS/c1-17(11-5-3-4-6-13(11)18-2)12-9-16-8-7-10(12)14(15)19/h3-9H,1-2H3,(H2,15,19). The first-order valence-electron chi connectivity index (χ1n) is 5.75. The lowest BCUT2D eigenvalue weighted by atomic mass is 10.2. The van der Waals surface area contributed by atoms with Crippen LogP contribution in [0.1, 0.15) is 5.56 Å². The van der Waals surface area contributed by atoms with Gasteiger partial charge in [-0.25, -0.2) is 0 Å². The van der Waals surface area contributed by atoms with E-state index in [9.17, 15) is 0 Å². The fourth-order valence-corrected chi connectivity index (χ4v) is 2.07. The number of thiocarbonyl (C=S) groups is 1. The van der Waals surface area contributed by atoms with Crippen LogP contribution >= 0.6 is 12.2 Å². The van der Waals surface area contributed by atoms with Crippen molar-refractivity contribution in [2.24, 2.45) is 5.73 Å². The van der Waals surface area contributed by atoms with Gasteiger partial charge in [-0.2, -0.15) is 0 Å². The normalized spacial score (nSPS) is 10.0. The van der Waals surface area contributed by atoms with Crippen LogP contribution in [-0.2, 0) is 0 Å². The molecule has 98 valence electrons. The first-order chi connectivity index (χ1) is 9.15. The zero-order valence-electron chi connectivity index (χ0n) is 10.8. The zero-order chi connectivity index (χ0) is 13.8. The van der Waals surface area contributed by atoms with Crippen LogP contribution in [-0.4, -0.2) is 24.1 Å². The SMILES string of the molecule is COc1ccccc1N(C)c1cnccc1C(N)=S. The second kappa shape index (κ2) is 5.67. The number of para-hydroxylation sites is 2. The summed E-state index contributed by atoms with van der Waals surface area (Å²) in [6.07, 6.45) is 3.41. The van der Waals surface area contributed by atoms with Crippen molar-refractivity contribution in [1.29, 1.82) is 0 Å². The summed E-state index contributed by atoms with van der Waals surface area (Å²) in [5.74, 6) is 0.780. The molecule has 2 rings (SSSR count). The lowest BCUT2D eigenvalue weighted by Gasteiger charge is -2.23. The molecule has 2 aromatic rings. The van der Waals surface area contributed by atoms with Gasteiger partial charge in [-0.1, -0.05) is 24.4 Å². The second-order valence-electron chi connectivity index (χ2n) is 3.99. The van der Waals surface area contributed by atoms with E-state index in [2.05, 4.69) is 4.98 Å². The van der Waals surface area contributed by atoms with Crippen LogP contribution < -0.4 is 15.4 Å². The summed E-state index contributed by atoms with van der Waals surface area (Å²) in [5.41, 5.74) is 8.31. The van der Waals surface area contributed by atoms with Crippen molar-refractivity contribution in [2.75, 3.05) is 19.1 Å². The van der Waals surface area contributed by atoms with Crippen LogP contribution in [0.4, 0.5) is 11.4 Å². The number of benzene rings is 1. The highest BCUT2D eigenvalue weighted by atomic mass is 32.1. The Labute approximate surface area is 117 Å². The lowest BCUT2D eigenvalue weighted by molar-refractivity contribution is 0.415. The average Bonchev–Trinajstić information content (AvgIpc) is 2.46. The molecule has 0 aliphatic rings. The van der Waals surface area contributed by atoms with Crippen LogP contribution in [0.5, 0.6) is 5.75 Å². The number of anilines is 2. The Hall–Kier alpha value is -2.14. The van der Waals surface area contributed by atoms with Crippen LogP contribution in [0.15, 0.2) is 42.7 Å². The van der Waals surface area contributed by atoms with E-state index in [1.807, 2.05) is 42.3 Å². The summed E-state index contributed by atoms with van der Waals surface area (Å²) in [4.78, 5) is 6.44. The van der Waals surface area contributed by atoms with Gasteiger partial charge in [-0.05, 0) is 18.2 Å². The number of ether oxygens (including phenoxy) is 1. The van der Waals surface area contributed by atoms with E-state index in [-0.39, 0.29) is 0 Å². The third-order valence-corrected chi connectivity index (χ3v) is 3.09. The molecule has 0 aliphatic carbocycles. The Morgan fingerprint density at radius 3 is 2.68 bits per heavy atom. The molecular formula is C14H15N3OS. The van der Waals surface area contributed by atoms with Crippen molar-refractivity contribution in [1.82, 2.24) is 4.98 Å². The number of rotatable bonds is 4. The molecule has 0 saturated carbocycles. The summed E-state index contributed by atoms with van der Waals surface area (Å²) >= 11 is 5.07. The third kappa shape index (κ3) is 2.66. The molecule has 1 aromatic heterocycles. The molecule has 0 atom stereocenters. The Morgan fingerprint density at radius 2 is 2.00 bits per heavy atom. The van der Waals surface area contributed by atoms with Crippen LogP contribution in [0, 0.1) is 0 Å². The first-order valence-corrected chi connectivity index (χ1v) is 6.16. The molecule has 0 bridgehead atoms. The molecule has 0 radical (unpaired) electrons. The van der Waals surface area contributed by atoms with Gasteiger partial charge in [-0.3, -0.25) is 4.98 Å². The van der Waals surface area contributed by atoms with Gasteiger partial charge >= 0.3 is 0 Å². The zero-order valence-corrected chi connectivity index (χ0v) is 11.6. The van der Waals surface area contributed by atoms with Crippen molar-refractivity contribution < 1.29 is 4.74 Å². The van der Waals surface area contributed by atoms with E-state index in [0.717, 1.165) is 22.7 Å². The van der Waals surface area contributed by atoms with E-state index in [0.29, 0.717) is 4.99 Å². The van der Waals surface area contributed by atoms with Crippen molar-refractivity contribution in [3.63, 3.8) is 0 Å². The lowest BCUT2D eigenvalue weighted by Crippen LogP contribution is -2.18. The average molecular weight is 273 g/mol. The molecule has 0 amide bonds. The summed E-state index contributed by atoms with van der Waals surface area (Å²) in [6.45, 7) is 0. The highest BCUT2D eigenvalue weighted by Gasteiger charge is 2.14. The van der Waals surface area contributed by atoms with Gasteiger partial charge in [0.25, 0.3) is 0 Å². The van der Waals surface area contributed by atoms with Gasteiger partial charge in [0.1, 0.15) is 10.7 Å². The topological polar surface area (TPSA) is 51.4 Å². The van der Waals surface area contributed by atoms with E-state index >= 15 is 0 Å². The van der Waals surface area contributed by atoms with E-state index in [1.165, 1.54) is 0 Å². The van der Waals surface area contributed by atoms with Gasteiger partial charge < -0.3 is 15.4 Å². The number of hydrogen-bond acceptors (Lipinski definition) is 4. The number of pyridine rings is 1. The van der Waals surface area contributed by atoms with Gasteiger partial charge in [0, 0.05) is 18.8 Å². The summed E-state index contributed by atoms with van der Waals surface area (Å²) < 4.78 is 5.36. The second-order valence-corrected chi connectivity index (χ2v) is 4.43. The van der Waals surface area contributed by atoms with Crippen molar-refractivity contribution in [2.45, 2.75) is 0 Å². The Balaban J connectivity index is 2.50. The molecule has 1 aromatic carbocycles. The van der Waals surface area contributed by atoms with Crippen LogP contribution in [0.3, 0.4) is 0 Å². The molecule has 0 aliphatic heterocycles. The predicted octanol–water partition coefficient (Wildman–Crippen LogP) is 2.49. The molecule has 5 heteroatoms. The summed E-state index contributed by atoms with van der Waals surface area (Å²) in [6, 6.07) is 9.56. The monoisotopic (exact) mass is 273 g/mol. The van der Waals surface area contributed by atoms with Crippen molar-refractivity contribution in [3.8, 4) is 5.75 Å². The molecule has 2 N–H and O–H groups in total. The minimum atomic E-state index is 0.346. The molecular weight excluding hydrogens is 258 g/mol. The van der Waals surface area contributed by atoms with E-state index in [4.69, 9.17) is 22.7 Å². The number of hydrogen-bond donors (Lipinski definition) is 1. The first kappa shape index (κ1) is 13.3. The van der Waals surface area contributed by atoms with Crippen LogP contribution in [0.25, 0.3) is 0 Å². The number of aromatic nitrogens is 1. The minimum Gasteiger partial charge on any atom is -0.495 e. The third-order valence-electron chi connectivity index (χ3n) is 2.87. The number of nitrogens with two attached hydrogens (primary N) is 1. The maximum absolute atomic E-state index is 5.75. The van der Waals surface area contributed by atoms with Crippen molar-refractivity contribution in [3.05, 3.63) is 48.3 Å². The number of nitrogens with zero attached hydrogens (tertiary/aromatic N) is 2. The summed E-state index contributed by atoms with van der Waals surface area (Å²) in [5, 5.41) is 0. The quantitative estimate of drug-likeness (QED) is 0.867. The van der Waals surface area contributed by atoms with Gasteiger partial charge in [-0.15, -0.1) is 0 Å². The Bertz CT molecular complexity index is 601. The fraction of sp³-hybridized carbons (Fsp3) is 0.143. The highest BCUT2D eigenvalue weighted by Crippen LogP contribution is 2.33. The van der Waals surface area contributed by atoms with Crippen LogP contribution in [0.2, 0.25) is 0 Å². The Kier molecular flexibility index (Phi) is 3.97. The highest BCUT2D eigenvalue weighted by molar-refractivity contribution is 7.80. The van der Waals surface area contributed by atoms with Gasteiger partial charge in [0.15, 0.2) is 0 Å². The minimum absolute atomic E-state index is 0.346. The molecule has 0 fully saturated rings. The van der Waals surface area contributed by atoms with Gasteiger partial charge in [0.05, 0.1) is 24.7 Å².